The molecule has 0 atom stereocenters. The van der Waals surface area contributed by atoms with Gasteiger partial charge < -0.3 is 5.11 Å². The van der Waals surface area contributed by atoms with Gasteiger partial charge >= 0.3 is 5.97 Å². The third-order valence-electron chi connectivity index (χ3n) is 1.51. The highest BCUT2D eigenvalue weighted by Gasteiger charge is 2.16. The summed E-state index contributed by atoms with van der Waals surface area (Å²) in [5, 5.41) is 8.54. The van der Waals surface area contributed by atoms with E-state index in [-0.39, 0.29) is 14.9 Å². The molecular formula is C8H7Cl2NO5S. The number of hydrogen-bond donors (Lipinski definition) is 2. The molecule has 0 amide bonds. The number of rotatable bonds is 5. The van der Waals surface area contributed by atoms with Gasteiger partial charge in [-0.2, -0.15) is 0 Å². The molecule has 0 bridgehead atoms. The molecule has 0 aromatic heterocycles. The van der Waals surface area contributed by atoms with E-state index in [9.17, 15) is 13.2 Å². The minimum absolute atomic E-state index is 0.135. The number of carboxylic acids is 1. The molecule has 1 aromatic carbocycles. The first-order valence-electron chi connectivity index (χ1n) is 4.13. The molecule has 6 nitrogen and oxygen atoms in total. The van der Waals surface area contributed by atoms with E-state index in [0.717, 1.165) is 12.1 Å². The molecule has 17 heavy (non-hydrogen) atoms. The van der Waals surface area contributed by atoms with Crippen molar-refractivity contribution in [2.45, 2.75) is 4.90 Å². The quantitative estimate of drug-likeness (QED) is 0.799. The topological polar surface area (TPSA) is 92.7 Å². The molecule has 1 rings (SSSR count). The van der Waals surface area contributed by atoms with Crippen LogP contribution in [0.1, 0.15) is 0 Å². The molecule has 0 heterocycles. The first kappa shape index (κ1) is 14.2. The van der Waals surface area contributed by atoms with Crippen LogP contribution in [0.15, 0.2) is 23.1 Å². The standard InChI is InChI=1S/C8H7Cl2NO5S/c9-5-1-6(10)3-7(2-5)17(14,15)11-16-4-8(12)13/h1-3,11H,4H2,(H,12,13). The van der Waals surface area contributed by atoms with E-state index in [4.69, 9.17) is 28.3 Å². The Balaban J connectivity index is 2.86. The molecule has 2 N–H and O–H groups in total. The van der Waals surface area contributed by atoms with Crippen molar-refractivity contribution in [3.05, 3.63) is 28.2 Å². The SMILES string of the molecule is O=C(O)CONS(=O)(=O)c1cc(Cl)cc(Cl)c1. The largest absolute Gasteiger partial charge is 0.479 e. The normalized spacial score (nSPS) is 11.4. The lowest BCUT2D eigenvalue weighted by atomic mass is 10.4. The summed E-state index contributed by atoms with van der Waals surface area (Å²) in [5.41, 5.74) is 0. The van der Waals surface area contributed by atoms with Crippen LogP contribution >= 0.6 is 23.2 Å². The summed E-state index contributed by atoms with van der Waals surface area (Å²) >= 11 is 11.3. The van der Waals surface area contributed by atoms with Gasteiger partial charge in [-0.3, -0.25) is 4.84 Å². The predicted molar refractivity (Wildman–Crippen MR) is 60.4 cm³/mol. The maximum atomic E-state index is 11.6. The monoisotopic (exact) mass is 299 g/mol. The van der Waals surface area contributed by atoms with Gasteiger partial charge in [0.15, 0.2) is 6.61 Å². The van der Waals surface area contributed by atoms with Crippen LogP contribution in [0.25, 0.3) is 0 Å². The average molecular weight is 300 g/mol. The first-order valence-corrected chi connectivity index (χ1v) is 6.36. The molecule has 0 fully saturated rings. The highest BCUT2D eigenvalue weighted by Crippen LogP contribution is 2.22. The van der Waals surface area contributed by atoms with E-state index >= 15 is 0 Å². The Morgan fingerprint density at radius 1 is 1.29 bits per heavy atom. The van der Waals surface area contributed by atoms with Gasteiger partial charge in [0, 0.05) is 10.0 Å². The van der Waals surface area contributed by atoms with Crippen molar-refractivity contribution in [3.8, 4) is 0 Å². The van der Waals surface area contributed by atoms with Gasteiger partial charge in [0.1, 0.15) is 0 Å². The molecule has 0 aliphatic carbocycles. The highest BCUT2D eigenvalue weighted by atomic mass is 35.5. The molecule has 0 aliphatic heterocycles. The van der Waals surface area contributed by atoms with Gasteiger partial charge in [0.2, 0.25) is 0 Å². The fourth-order valence-corrected chi connectivity index (χ4v) is 2.43. The molecule has 0 saturated heterocycles. The van der Waals surface area contributed by atoms with Crippen molar-refractivity contribution in [2.75, 3.05) is 6.61 Å². The smallest absolute Gasteiger partial charge is 0.331 e. The Hall–Kier alpha value is -0.860. The lowest BCUT2D eigenvalue weighted by Crippen LogP contribution is -2.26. The zero-order valence-corrected chi connectivity index (χ0v) is 10.5. The lowest BCUT2D eigenvalue weighted by molar-refractivity contribution is -0.143. The van der Waals surface area contributed by atoms with Crippen LogP contribution in [0.4, 0.5) is 0 Å². The van der Waals surface area contributed by atoms with Gasteiger partial charge in [0.05, 0.1) is 4.90 Å². The van der Waals surface area contributed by atoms with Crippen LogP contribution in [-0.2, 0) is 19.7 Å². The van der Waals surface area contributed by atoms with E-state index in [1.165, 1.54) is 6.07 Å². The van der Waals surface area contributed by atoms with Gasteiger partial charge in [-0.15, -0.1) is 0 Å². The van der Waals surface area contributed by atoms with Gasteiger partial charge in [-0.05, 0) is 18.2 Å². The molecule has 0 spiro atoms. The fraction of sp³-hybridized carbons (Fsp3) is 0.125. The molecular weight excluding hydrogens is 293 g/mol. The minimum atomic E-state index is -4.01. The van der Waals surface area contributed by atoms with Crippen molar-refractivity contribution in [1.82, 2.24) is 4.89 Å². The predicted octanol–water partition coefficient (Wildman–Crippen LogP) is 1.29. The molecule has 0 aliphatic rings. The summed E-state index contributed by atoms with van der Waals surface area (Å²) in [5.74, 6) is -1.31. The highest BCUT2D eigenvalue weighted by molar-refractivity contribution is 7.89. The van der Waals surface area contributed by atoms with Gasteiger partial charge in [-0.25, -0.2) is 13.2 Å². The molecule has 0 unspecified atom stereocenters. The molecule has 1 aromatic rings. The number of carboxylic acid groups (broad SMARTS) is 1. The van der Waals surface area contributed by atoms with Crippen molar-refractivity contribution < 1.29 is 23.2 Å². The van der Waals surface area contributed by atoms with Crippen LogP contribution in [0.2, 0.25) is 10.0 Å². The molecule has 94 valence electrons. The van der Waals surface area contributed by atoms with Crippen LogP contribution in [0.3, 0.4) is 0 Å². The Morgan fingerprint density at radius 2 is 1.82 bits per heavy atom. The number of carbonyl (C=O) groups is 1. The van der Waals surface area contributed by atoms with Crippen molar-refractivity contribution in [1.29, 1.82) is 0 Å². The van der Waals surface area contributed by atoms with E-state index < -0.39 is 22.6 Å². The molecule has 0 saturated carbocycles. The number of hydrogen-bond acceptors (Lipinski definition) is 4. The maximum absolute atomic E-state index is 11.6. The second-order valence-electron chi connectivity index (χ2n) is 2.87. The number of benzene rings is 1. The molecule has 9 heteroatoms. The van der Waals surface area contributed by atoms with E-state index in [1.807, 2.05) is 0 Å². The van der Waals surface area contributed by atoms with Crippen molar-refractivity contribution in [3.63, 3.8) is 0 Å². The zero-order valence-electron chi connectivity index (χ0n) is 8.18. The summed E-state index contributed by atoms with van der Waals surface area (Å²) < 4.78 is 23.1. The molecule has 0 radical (unpaired) electrons. The fourth-order valence-electron chi connectivity index (χ4n) is 0.901. The second kappa shape index (κ2) is 5.65. The number of sulfonamides is 1. The summed E-state index contributed by atoms with van der Waals surface area (Å²) in [6, 6.07) is 3.67. The summed E-state index contributed by atoms with van der Waals surface area (Å²) in [6.07, 6.45) is 0. The van der Waals surface area contributed by atoms with Crippen LogP contribution in [0, 0.1) is 0 Å². The second-order valence-corrected chi connectivity index (χ2v) is 5.39. The minimum Gasteiger partial charge on any atom is -0.479 e. The third kappa shape index (κ3) is 4.49. The number of nitrogens with one attached hydrogen (secondary N) is 1. The first-order chi connectivity index (χ1) is 7.81. The Kier molecular flexibility index (Phi) is 4.72. The summed E-state index contributed by atoms with van der Waals surface area (Å²) in [6.45, 7) is -0.798. The van der Waals surface area contributed by atoms with Crippen LogP contribution in [-0.4, -0.2) is 26.1 Å². The van der Waals surface area contributed by atoms with E-state index in [1.54, 1.807) is 4.89 Å². The Morgan fingerprint density at radius 3 is 2.29 bits per heavy atom. The van der Waals surface area contributed by atoms with E-state index in [0.29, 0.717) is 0 Å². The van der Waals surface area contributed by atoms with E-state index in [2.05, 4.69) is 4.84 Å². The van der Waals surface area contributed by atoms with Crippen molar-refractivity contribution >= 4 is 39.2 Å². The summed E-state index contributed by atoms with van der Waals surface area (Å²) in [4.78, 5) is 15.8. The van der Waals surface area contributed by atoms with Gasteiger partial charge in [0.25, 0.3) is 10.0 Å². The maximum Gasteiger partial charge on any atom is 0.331 e. The van der Waals surface area contributed by atoms with Gasteiger partial charge in [-0.1, -0.05) is 28.1 Å². The zero-order chi connectivity index (χ0) is 13.1. The Labute approximate surface area is 107 Å². The van der Waals surface area contributed by atoms with Crippen LogP contribution in [0.5, 0.6) is 0 Å². The third-order valence-corrected chi connectivity index (χ3v) is 3.14. The van der Waals surface area contributed by atoms with Crippen LogP contribution < -0.4 is 4.89 Å². The summed E-state index contributed by atoms with van der Waals surface area (Å²) in [7, 11) is -4.01. The number of aliphatic carboxylic acids is 1. The lowest BCUT2D eigenvalue weighted by Gasteiger charge is -2.06. The number of halogens is 2. The van der Waals surface area contributed by atoms with Crippen molar-refractivity contribution in [2.24, 2.45) is 0 Å². The Bertz CT molecular complexity index is 510. The average Bonchev–Trinajstić information content (AvgIpc) is 2.14.